The molecule has 4 aliphatic heterocycles. The summed E-state index contributed by atoms with van der Waals surface area (Å²) in [6.07, 6.45) is -7.95. The zero-order valence-corrected chi connectivity index (χ0v) is 31.8. The number of aliphatic hydroxyl groups is 2. The number of hydrogen-bond donors (Lipinski definition) is 6. The topological polar surface area (TPSA) is 236 Å². The number of carbonyl (C=O) groups excluding carboxylic acids is 1. The summed E-state index contributed by atoms with van der Waals surface area (Å²) < 4.78 is 41.7. The van der Waals surface area contributed by atoms with Crippen molar-refractivity contribution in [1.82, 2.24) is 5.32 Å². The number of carboxylic acids is 1. The van der Waals surface area contributed by atoms with E-state index in [4.69, 9.17) is 53.8 Å². The molecular formula is C40H48N2O15. The van der Waals surface area contributed by atoms with Gasteiger partial charge in [-0.3, -0.25) is 9.59 Å². The quantitative estimate of drug-likeness (QED) is 0.0528. The van der Waals surface area contributed by atoms with Crippen LogP contribution in [0, 0.1) is 5.92 Å². The molecule has 308 valence electrons. The molecule has 1 saturated heterocycles. The zero-order valence-electron chi connectivity index (χ0n) is 31.8. The Kier molecular flexibility index (Phi) is 12.2. The number of rotatable bonds is 16. The lowest BCUT2D eigenvalue weighted by Crippen LogP contribution is -2.61. The number of phenols is 1. The second-order valence-electron chi connectivity index (χ2n) is 15.0. The van der Waals surface area contributed by atoms with Crippen LogP contribution in [0.2, 0.25) is 0 Å². The minimum Gasteiger partial charge on any atom is -0.508 e. The molecule has 7 N–H and O–H groups in total. The molecule has 8 unspecified atom stereocenters. The van der Waals surface area contributed by atoms with E-state index in [-0.39, 0.29) is 37.2 Å². The second-order valence-corrected chi connectivity index (χ2v) is 15.0. The lowest BCUT2D eigenvalue weighted by Gasteiger charge is -2.41. The number of carbonyl (C=O) groups is 2. The summed E-state index contributed by atoms with van der Waals surface area (Å²) in [5.74, 6) is 0.605. The summed E-state index contributed by atoms with van der Waals surface area (Å²) in [4.78, 5) is 34.9. The molecule has 0 saturated carbocycles. The fraction of sp³-hybridized carbons (Fsp3) is 0.500. The minimum atomic E-state index is -1.70. The largest absolute Gasteiger partial charge is 0.508 e. The number of benzene rings is 3. The Morgan fingerprint density at radius 3 is 2.60 bits per heavy atom. The van der Waals surface area contributed by atoms with Crippen molar-refractivity contribution in [3.8, 4) is 34.5 Å². The number of aliphatic hydroxyl groups excluding tert-OH is 2. The van der Waals surface area contributed by atoms with Gasteiger partial charge in [0.05, 0.1) is 19.1 Å². The third-order valence-electron chi connectivity index (χ3n) is 10.1. The molecule has 0 radical (unpaired) electrons. The van der Waals surface area contributed by atoms with Gasteiger partial charge < -0.3 is 69.5 Å². The highest BCUT2D eigenvalue weighted by Gasteiger charge is 2.49. The first-order valence-electron chi connectivity index (χ1n) is 18.8. The number of hydrogen-bond acceptors (Lipinski definition) is 16. The van der Waals surface area contributed by atoms with Gasteiger partial charge in [0.15, 0.2) is 29.6 Å². The van der Waals surface area contributed by atoms with E-state index in [1.165, 1.54) is 0 Å². The van der Waals surface area contributed by atoms with Gasteiger partial charge in [-0.1, -0.05) is 26.0 Å². The number of aromatic hydroxyl groups is 1. The minimum absolute atomic E-state index is 0.0715. The molecule has 4 heterocycles. The molecule has 7 rings (SSSR count). The van der Waals surface area contributed by atoms with E-state index < -0.39 is 67.8 Å². The maximum absolute atomic E-state index is 12.0. The van der Waals surface area contributed by atoms with Crippen molar-refractivity contribution >= 4 is 11.9 Å². The molecule has 3 aromatic carbocycles. The third kappa shape index (κ3) is 8.84. The van der Waals surface area contributed by atoms with Gasteiger partial charge >= 0.3 is 11.9 Å². The van der Waals surface area contributed by atoms with E-state index in [2.05, 4.69) is 19.2 Å². The van der Waals surface area contributed by atoms with Crippen LogP contribution in [0.15, 0.2) is 42.5 Å². The predicted molar refractivity (Wildman–Crippen MR) is 197 cm³/mol. The standard InChI is InChI=1S/C40H48N2O15/c1-19(2)7-26-36-24(11-30-38(26)53-18-52-30)27-16-49-29-10-21(8-20-5-4-6-23(43)9-20)28(12-25(29)37(27)55-36)56-57-39-35(48)34(47)31(17-50-33(46)13-32(44)45)54-40(39)51-15-22(41)14-42-3/h4-6,9-12,19,22,27,31,34-35,37,39-40,42-43,47-48H,7-8,13-18,41H2,1-3H3,(H,44,45). The van der Waals surface area contributed by atoms with Gasteiger partial charge in [-0.2, -0.15) is 4.89 Å². The Morgan fingerprint density at radius 1 is 1.02 bits per heavy atom. The van der Waals surface area contributed by atoms with Gasteiger partial charge in [0.1, 0.15) is 54.7 Å². The van der Waals surface area contributed by atoms with Gasteiger partial charge in [-0.15, -0.1) is 0 Å². The summed E-state index contributed by atoms with van der Waals surface area (Å²) in [7, 11) is 1.72. The van der Waals surface area contributed by atoms with Crippen LogP contribution in [-0.4, -0.2) is 109 Å². The Hall–Kier alpha value is -4.88. The Balaban J connectivity index is 1.18. The van der Waals surface area contributed by atoms with Crippen LogP contribution >= 0.6 is 0 Å². The molecule has 0 bridgehead atoms. The number of carboxylic acid groups (broad SMARTS) is 1. The van der Waals surface area contributed by atoms with E-state index >= 15 is 0 Å². The highest BCUT2D eigenvalue weighted by Crippen LogP contribution is 2.57. The van der Waals surface area contributed by atoms with Crippen molar-refractivity contribution in [2.75, 3.05) is 40.2 Å². The molecule has 57 heavy (non-hydrogen) atoms. The SMILES string of the molecule is CNCC(N)COC1OC(COC(=O)CC(=O)O)C(O)C(O)C1OOc1cc2c(cc1Cc1cccc(O)c1)OCC1c3cc4c(c(CC(C)C)c3OC21)OCO4. The van der Waals surface area contributed by atoms with Gasteiger partial charge in [0, 0.05) is 41.3 Å². The number of nitrogens with two attached hydrogens (primary N) is 1. The number of aliphatic carboxylic acids is 1. The Labute approximate surface area is 328 Å². The van der Waals surface area contributed by atoms with E-state index in [1.54, 1.807) is 31.3 Å². The first kappa shape index (κ1) is 40.3. The lowest BCUT2D eigenvalue weighted by atomic mass is 9.86. The van der Waals surface area contributed by atoms with Crippen LogP contribution in [0.25, 0.3) is 0 Å². The highest BCUT2D eigenvalue weighted by molar-refractivity contribution is 5.90. The summed E-state index contributed by atoms with van der Waals surface area (Å²) >= 11 is 0. The van der Waals surface area contributed by atoms with Crippen molar-refractivity contribution in [3.63, 3.8) is 0 Å². The molecule has 17 nitrogen and oxygen atoms in total. The third-order valence-corrected chi connectivity index (χ3v) is 10.1. The number of esters is 1. The fourth-order valence-electron chi connectivity index (χ4n) is 7.48. The molecule has 4 aliphatic rings. The summed E-state index contributed by atoms with van der Waals surface area (Å²) in [6, 6.07) is 11.8. The molecule has 8 atom stereocenters. The van der Waals surface area contributed by atoms with E-state index in [0.717, 1.165) is 22.4 Å². The number of likely N-dealkylation sites (N-methyl/N-ethyl adjacent to an activating group) is 1. The summed E-state index contributed by atoms with van der Waals surface area (Å²) in [5, 5.41) is 44.5. The van der Waals surface area contributed by atoms with Crippen LogP contribution in [0.1, 0.15) is 60.1 Å². The number of phenolic OH excluding ortho intramolecular Hbond substituents is 1. The molecule has 0 amide bonds. The monoisotopic (exact) mass is 796 g/mol. The van der Waals surface area contributed by atoms with Crippen molar-refractivity contribution in [3.05, 3.63) is 70.3 Å². The van der Waals surface area contributed by atoms with Crippen LogP contribution < -0.4 is 34.9 Å². The second kappa shape index (κ2) is 17.3. The molecule has 0 aromatic heterocycles. The normalized spacial score (nSPS) is 24.8. The summed E-state index contributed by atoms with van der Waals surface area (Å²) in [6.45, 7) is 4.43. The Bertz CT molecular complexity index is 1940. The molecule has 1 fully saturated rings. The molecule has 0 spiro atoms. The average Bonchev–Trinajstić information content (AvgIpc) is 3.79. The zero-order chi connectivity index (χ0) is 40.4. The Morgan fingerprint density at radius 2 is 1.84 bits per heavy atom. The summed E-state index contributed by atoms with van der Waals surface area (Å²) in [5.41, 5.74) is 10.1. The lowest BCUT2D eigenvalue weighted by molar-refractivity contribution is -0.373. The average molecular weight is 797 g/mol. The van der Waals surface area contributed by atoms with E-state index in [9.17, 15) is 24.9 Å². The smallest absolute Gasteiger partial charge is 0.317 e. The van der Waals surface area contributed by atoms with Gasteiger partial charge in [0.25, 0.3) is 0 Å². The van der Waals surface area contributed by atoms with Crippen molar-refractivity contribution in [1.29, 1.82) is 0 Å². The first-order valence-corrected chi connectivity index (χ1v) is 18.8. The fourth-order valence-corrected chi connectivity index (χ4v) is 7.48. The van der Waals surface area contributed by atoms with Crippen LogP contribution in [0.3, 0.4) is 0 Å². The molecule has 0 aliphatic carbocycles. The van der Waals surface area contributed by atoms with Crippen LogP contribution in [0.4, 0.5) is 0 Å². The van der Waals surface area contributed by atoms with Crippen molar-refractivity contribution in [2.24, 2.45) is 11.7 Å². The molecule has 17 heteroatoms. The van der Waals surface area contributed by atoms with E-state index in [1.807, 2.05) is 18.2 Å². The molecule has 3 aromatic rings. The number of nitrogens with one attached hydrogen (secondary N) is 1. The van der Waals surface area contributed by atoms with E-state index in [0.29, 0.717) is 53.9 Å². The van der Waals surface area contributed by atoms with Gasteiger partial charge in [-0.25, -0.2) is 0 Å². The van der Waals surface area contributed by atoms with Crippen molar-refractivity contribution in [2.45, 2.75) is 81.9 Å². The number of fused-ring (bicyclic) bond motifs is 6. The van der Waals surface area contributed by atoms with Gasteiger partial charge in [0.2, 0.25) is 6.79 Å². The van der Waals surface area contributed by atoms with Gasteiger partial charge in [-0.05, 0) is 55.3 Å². The van der Waals surface area contributed by atoms with Crippen LogP contribution in [0.5, 0.6) is 34.5 Å². The van der Waals surface area contributed by atoms with Crippen molar-refractivity contribution < 1.29 is 72.9 Å². The maximum atomic E-state index is 12.0. The highest BCUT2D eigenvalue weighted by atomic mass is 17.2. The maximum Gasteiger partial charge on any atom is 0.317 e. The van der Waals surface area contributed by atoms with Crippen LogP contribution in [-0.2, 0) is 41.5 Å². The number of ether oxygens (including phenoxy) is 7. The molecular weight excluding hydrogens is 748 g/mol. The predicted octanol–water partition coefficient (Wildman–Crippen LogP) is 2.23. The first-order chi connectivity index (χ1) is 27.4.